The zero-order valence-corrected chi connectivity index (χ0v) is 22.7. The van der Waals surface area contributed by atoms with Crippen molar-refractivity contribution in [1.29, 1.82) is 0 Å². The molecule has 1 amide bonds. The second-order valence-electron chi connectivity index (χ2n) is 10.2. The second kappa shape index (κ2) is 11.0. The summed E-state index contributed by atoms with van der Waals surface area (Å²) >= 11 is 5.82. The highest BCUT2D eigenvalue weighted by Crippen LogP contribution is 2.32. The molecule has 8 nitrogen and oxygen atoms in total. The summed E-state index contributed by atoms with van der Waals surface area (Å²) in [5, 5.41) is 2.67. The molecule has 1 N–H and O–H groups in total. The van der Waals surface area contributed by atoms with Gasteiger partial charge in [-0.2, -0.15) is 13.2 Å². The van der Waals surface area contributed by atoms with Crippen LogP contribution in [0.3, 0.4) is 0 Å². The molecule has 1 aliphatic rings. The third-order valence-electron chi connectivity index (χ3n) is 7.27. The summed E-state index contributed by atoms with van der Waals surface area (Å²) in [6.07, 6.45) is 0.349. The molecule has 0 unspecified atom stereocenters. The lowest BCUT2D eigenvalue weighted by Crippen LogP contribution is -2.39. The molecule has 0 atom stereocenters. The number of fused-ring (bicyclic) bond motifs is 1. The van der Waals surface area contributed by atoms with Gasteiger partial charge >= 0.3 is 11.9 Å². The van der Waals surface area contributed by atoms with E-state index in [9.17, 15) is 22.8 Å². The molecule has 210 valence electrons. The van der Waals surface area contributed by atoms with Gasteiger partial charge in [0, 0.05) is 45.1 Å². The van der Waals surface area contributed by atoms with Gasteiger partial charge in [0.25, 0.3) is 5.91 Å². The number of aromatic nitrogens is 4. The minimum Gasteiger partial charge on any atom is -0.363 e. The molecule has 5 rings (SSSR count). The van der Waals surface area contributed by atoms with Gasteiger partial charge in [0.05, 0.1) is 27.3 Å². The van der Waals surface area contributed by atoms with E-state index in [0.717, 1.165) is 34.8 Å². The standard InChI is InChI=1S/C28H28ClF3N6O2/c1-36(2)24-14-20(11-12-33-24)38-23-6-4-3-5-22(23)37(27(38)40)16-17-7-9-19(10-8-17)35-26(39)21-13-18(29)15-34-25(21)28(30,31)32/h3-6,11-15,17,19H,7-10,16H2,1-2H3,(H,35,39). The number of nitrogens with zero attached hydrogens (tertiary/aromatic N) is 5. The number of halogens is 4. The summed E-state index contributed by atoms with van der Waals surface area (Å²) < 4.78 is 43.6. The van der Waals surface area contributed by atoms with Gasteiger partial charge in [-0.05, 0) is 55.9 Å². The van der Waals surface area contributed by atoms with Crippen molar-refractivity contribution in [3.05, 3.63) is 81.6 Å². The highest BCUT2D eigenvalue weighted by molar-refractivity contribution is 6.30. The molecule has 0 aliphatic heterocycles. The summed E-state index contributed by atoms with van der Waals surface area (Å²) in [6, 6.07) is 12.0. The molecule has 1 saturated carbocycles. The molecular formula is C28H28ClF3N6O2. The van der Waals surface area contributed by atoms with Crippen molar-refractivity contribution in [1.82, 2.24) is 24.4 Å². The van der Waals surface area contributed by atoms with Crippen LogP contribution in [0.1, 0.15) is 41.7 Å². The Kier molecular flexibility index (Phi) is 7.59. The number of benzene rings is 1. The van der Waals surface area contributed by atoms with Gasteiger partial charge in [-0.3, -0.25) is 13.9 Å². The van der Waals surface area contributed by atoms with E-state index >= 15 is 0 Å². The Bertz CT molecular complexity index is 1610. The number of amides is 1. The summed E-state index contributed by atoms with van der Waals surface area (Å²) in [4.78, 5) is 36.0. The Hall–Kier alpha value is -3.86. The van der Waals surface area contributed by atoms with Crippen molar-refractivity contribution in [2.24, 2.45) is 5.92 Å². The highest BCUT2D eigenvalue weighted by Gasteiger charge is 2.38. The number of hydrogen-bond acceptors (Lipinski definition) is 5. The average molecular weight is 573 g/mol. The first-order chi connectivity index (χ1) is 19.0. The third kappa shape index (κ3) is 5.56. The first-order valence-electron chi connectivity index (χ1n) is 12.9. The average Bonchev–Trinajstić information content (AvgIpc) is 3.20. The number of pyridine rings is 2. The largest absolute Gasteiger partial charge is 0.434 e. The van der Waals surface area contributed by atoms with Crippen molar-refractivity contribution in [2.75, 3.05) is 19.0 Å². The number of anilines is 1. The summed E-state index contributed by atoms with van der Waals surface area (Å²) in [6.45, 7) is 0.495. The molecule has 0 spiro atoms. The molecule has 40 heavy (non-hydrogen) atoms. The van der Waals surface area contributed by atoms with E-state index < -0.39 is 23.3 Å². The molecule has 12 heteroatoms. The molecule has 1 aromatic carbocycles. The number of para-hydroxylation sites is 2. The van der Waals surface area contributed by atoms with Crippen molar-refractivity contribution in [2.45, 2.75) is 44.4 Å². The summed E-state index contributed by atoms with van der Waals surface area (Å²) in [5.41, 5.74) is 0.333. The predicted octanol–water partition coefficient (Wildman–Crippen LogP) is 5.31. The maximum Gasteiger partial charge on any atom is 0.434 e. The monoisotopic (exact) mass is 572 g/mol. The van der Waals surface area contributed by atoms with E-state index in [-0.39, 0.29) is 22.7 Å². The maximum atomic E-state index is 13.7. The van der Waals surface area contributed by atoms with Crippen LogP contribution >= 0.6 is 11.6 Å². The Morgan fingerprint density at radius 3 is 2.45 bits per heavy atom. The molecule has 0 radical (unpaired) electrons. The molecular weight excluding hydrogens is 545 g/mol. The van der Waals surface area contributed by atoms with Gasteiger partial charge in [0.2, 0.25) is 0 Å². The highest BCUT2D eigenvalue weighted by atomic mass is 35.5. The van der Waals surface area contributed by atoms with E-state index in [0.29, 0.717) is 32.2 Å². The lowest BCUT2D eigenvalue weighted by Gasteiger charge is -2.29. The van der Waals surface area contributed by atoms with E-state index in [1.165, 1.54) is 0 Å². The molecule has 0 saturated heterocycles. The van der Waals surface area contributed by atoms with Crippen molar-refractivity contribution >= 4 is 34.4 Å². The van der Waals surface area contributed by atoms with Crippen molar-refractivity contribution in [3.8, 4) is 5.69 Å². The van der Waals surface area contributed by atoms with Gasteiger partial charge in [-0.15, -0.1) is 0 Å². The van der Waals surface area contributed by atoms with E-state index in [1.807, 2.05) is 49.3 Å². The fraction of sp³-hybridized carbons (Fsp3) is 0.357. The molecule has 0 bridgehead atoms. The quantitative estimate of drug-likeness (QED) is 0.338. The van der Waals surface area contributed by atoms with Crippen LogP contribution in [0.25, 0.3) is 16.7 Å². The molecule has 1 fully saturated rings. The summed E-state index contributed by atoms with van der Waals surface area (Å²) in [7, 11) is 3.77. The van der Waals surface area contributed by atoms with Crippen LogP contribution in [0.2, 0.25) is 5.02 Å². The topological polar surface area (TPSA) is 85.0 Å². The maximum absolute atomic E-state index is 13.7. The number of carbonyl (C=O) groups is 1. The van der Waals surface area contributed by atoms with E-state index in [1.54, 1.807) is 21.4 Å². The number of alkyl halides is 3. The first-order valence-corrected chi connectivity index (χ1v) is 13.3. The van der Waals surface area contributed by atoms with Gasteiger partial charge in [0.15, 0.2) is 5.69 Å². The first kappa shape index (κ1) is 27.7. The number of rotatable bonds is 6. The minimum absolute atomic E-state index is 0.0452. The Morgan fingerprint density at radius 2 is 1.77 bits per heavy atom. The number of carbonyl (C=O) groups excluding carboxylic acids is 1. The zero-order valence-electron chi connectivity index (χ0n) is 22.0. The SMILES string of the molecule is CN(C)c1cc(-n2c(=O)n(CC3CCC(NC(=O)c4cc(Cl)cnc4C(F)(F)F)CC3)c3ccccc32)ccn1. The van der Waals surface area contributed by atoms with Crippen LogP contribution in [0.5, 0.6) is 0 Å². The van der Waals surface area contributed by atoms with Gasteiger partial charge in [-0.1, -0.05) is 23.7 Å². The normalized spacial score (nSPS) is 17.6. The fourth-order valence-electron chi connectivity index (χ4n) is 5.27. The lowest BCUT2D eigenvalue weighted by molar-refractivity contribution is -0.141. The Labute approximate surface area is 233 Å². The van der Waals surface area contributed by atoms with Crippen molar-refractivity contribution < 1.29 is 18.0 Å². The summed E-state index contributed by atoms with van der Waals surface area (Å²) in [5.74, 6) is 0.0514. The molecule has 1 aliphatic carbocycles. The van der Waals surface area contributed by atoms with E-state index in [2.05, 4.69) is 15.3 Å². The number of imidazole rings is 1. The van der Waals surface area contributed by atoms with Crippen LogP contribution in [0, 0.1) is 5.92 Å². The zero-order chi connectivity index (χ0) is 28.6. The molecule has 4 aromatic rings. The van der Waals surface area contributed by atoms with Crippen LogP contribution < -0.4 is 15.9 Å². The predicted molar refractivity (Wildman–Crippen MR) is 147 cm³/mol. The van der Waals surface area contributed by atoms with Crippen molar-refractivity contribution in [3.63, 3.8) is 0 Å². The number of nitrogens with one attached hydrogen (secondary N) is 1. The number of hydrogen-bond donors (Lipinski definition) is 1. The van der Waals surface area contributed by atoms with Gasteiger partial charge in [-0.25, -0.2) is 14.8 Å². The molecule has 3 aromatic heterocycles. The third-order valence-corrected chi connectivity index (χ3v) is 7.48. The van der Waals surface area contributed by atoms with Crippen LogP contribution in [-0.4, -0.2) is 45.1 Å². The minimum atomic E-state index is -4.77. The fourth-order valence-corrected chi connectivity index (χ4v) is 5.43. The van der Waals surface area contributed by atoms with Crippen LogP contribution in [0.4, 0.5) is 19.0 Å². The van der Waals surface area contributed by atoms with Crippen LogP contribution in [0.15, 0.2) is 59.7 Å². The Morgan fingerprint density at radius 1 is 1.07 bits per heavy atom. The lowest BCUT2D eigenvalue weighted by atomic mass is 9.85. The smallest absolute Gasteiger partial charge is 0.363 e. The van der Waals surface area contributed by atoms with Crippen LogP contribution in [-0.2, 0) is 12.7 Å². The second-order valence-corrected chi connectivity index (χ2v) is 10.7. The van der Waals surface area contributed by atoms with E-state index in [4.69, 9.17) is 11.6 Å². The van der Waals surface area contributed by atoms with Gasteiger partial charge < -0.3 is 10.2 Å². The Balaban J connectivity index is 1.32. The van der Waals surface area contributed by atoms with Gasteiger partial charge in [0.1, 0.15) is 5.82 Å². The molecule has 3 heterocycles.